The minimum Gasteiger partial charge on any atom is -0.322 e. The molecule has 1 heterocycles. The van der Waals surface area contributed by atoms with Gasteiger partial charge >= 0.3 is 0 Å². The smallest absolute Gasteiger partial charge is 0.256 e. The second-order valence-electron chi connectivity index (χ2n) is 6.26. The standard InChI is InChI=1S/C19H21BrN2O3S/c1-2-14-6-5-7-15(12-14)21-19(23)17-13-16(8-9-18(17)20)26(24,25)22-10-3-4-11-22/h5-9,12-13H,2-4,10-11H2,1H3,(H,21,23). The lowest BCUT2D eigenvalue weighted by molar-refractivity contribution is 0.102. The molecule has 2 aromatic rings. The summed E-state index contributed by atoms with van der Waals surface area (Å²) in [4.78, 5) is 12.8. The van der Waals surface area contributed by atoms with Crippen molar-refractivity contribution in [2.24, 2.45) is 0 Å². The fourth-order valence-electron chi connectivity index (χ4n) is 2.98. The van der Waals surface area contributed by atoms with Gasteiger partial charge in [0.1, 0.15) is 0 Å². The molecule has 138 valence electrons. The highest BCUT2D eigenvalue weighted by atomic mass is 79.9. The zero-order valence-electron chi connectivity index (χ0n) is 14.5. The van der Waals surface area contributed by atoms with Crippen LogP contribution in [0.1, 0.15) is 35.7 Å². The van der Waals surface area contributed by atoms with E-state index in [-0.39, 0.29) is 10.8 Å². The monoisotopic (exact) mass is 436 g/mol. The zero-order chi connectivity index (χ0) is 18.7. The summed E-state index contributed by atoms with van der Waals surface area (Å²) >= 11 is 3.35. The molecule has 0 aromatic heterocycles. The minimum absolute atomic E-state index is 0.148. The number of nitrogens with one attached hydrogen (secondary N) is 1. The highest BCUT2D eigenvalue weighted by Gasteiger charge is 2.28. The number of carbonyl (C=O) groups is 1. The summed E-state index contributed by atoms with van der Waals surface area (Å²) in [6.07, 6.45) is 2.62. The molecule has 0 unspecified atom stereocenters. The summed E-state index contributed by atoms with van der Waals surface area (Å²) in [6, 6.07) is 12.2. The maximum Gasteiger partial charge on any atom is 0.256 e. The molecule has 0 atom stereocenters. The van der Waals surface area contributed by atoms with Crippen LogP contribution >= 0.6 is 15.9 Å². The quantitative estimate of drug-likeness (QED) is 0.768. The molecule has 0 saturated carbocycles. The lowest BCUT2D eigenvalue weighted by Gasteiger charge is -2.16. The minimum atomic E-state index is -3.56. The second-order valence-corrected chi connectivity index (χ2v) is 9.05. The van der Waals surface area contributed by atoms with Crippen molar-refractivity contribution in [2.45, 2.75) is 31.1 Å². The molecule has 7 heteroatoms. The van der Waals surface area contributed by atoms with Crippen LogP contribution in [0.25, 0.3) is 0 Å². The van der Waals surface area contributed by atoms with Crippen LogP contribution in [0.2, 0.25) is 0 Å². The van der Waals surface area contributed by atoms with E-state index in [4.69, 9.17) is 0 Å². The summed E-state index contributed by atoms with van der Waals surface area (Å²) in [5.74, 6) is -0.344. The van der Waals surface area contributed by atoms with Crippen LogP contribution in [0.4, 0.5) is 5.69 Å². The molecule has 3 rings (SSSR count). The van der Waals surface area contributed by atoms with Crippen LogP contribution in [0.15, 0.2) is 51.8 Å². The van der Waals surface area contributed by atoms with Crippen molar-refractivity contribution in [1.29, 1.82) is 0 Å². The molecule has 26 heavy (non-hydrogen) atoms. The number of nitrogens with zero attached hydrogens (tertiary/aromatic N) is 1. The fourth-order valence-corrected chi connectivity index (χ4v) is 4.95. The highest BCUT2D eigenvalue weighted by molar-refractivity contribution is 9.10. The number of sulfonamides is 1. The van der Waals surface area contributed by atoms with Crippen LogP contribution < -0.4 is 5.32 Å². The van der Waals surface area contributed by atoms with Crippen molar-refractivity contribution >= 4 is 37.5 Å². The number of carbonyl (C=O) groups excluding carboxylic acids is 1. The molecule has 0 aliphatic carbocycles. The lowest BCUT2D eigenvalue weighted by Crippen LogP contribution is -2.28. The molecular weight excluding hydrogens is 416 g/mol. The predicted molar refractivity (Wildman–Crippen MR) is 106 cm³/mol. The van der Waals surface area contributed by atoms with Crippen molar-refractivity contribution in [1.82, 2.24) is 4.31 Å². The van der Waals surface area contributed by atoms with Crippen LogP contribution in [0.3, 0.4) is 0 Å². The van der Waals surface area contributed by atoms with E-state index in [1.807, 2.05) is 31.2 Å². The third-order valence-corrected chi connectivity index (χ3v) is 7.06. The number of rotatable bonds is 5. The first kappa shape index (κ1) is 19.1. The lowest BCUT2D eigenvalue weighted by atomic mass is 10.1. The molecule has 1 fully saturated rings. The third-order valence-electron chi connectivity index (χ3n) is 4.48. The van der Waals surface area contributed by atoms with E-state index in [2.05, 4.69) is 21.2 Å². The number of aryl methyl sites for hydroxylation is 1. The number of halogens is 1. The third kappa shape index (κ3) is 4.00. The van der Waals surface area contributed by atoms with E-state index in [9.17, 15) is 13.2 Å². The van der Waals surface area contributed by atoms with Crippen molar-refractivity contribution in [3.63, 3.8) is 0 Å². The molecule has 5 nitrogen and oxygen atoms in total. The van der Waals surface area contributed by atoms with Crippen molar-refractivity contribution in [2.75, 3.05) is 18.4 Å². The molecule has 1 aliphatic rings. The van der Waals surface area contributed by atoms with Crippen molar-refractivity contribution in [3.8, 4) is 0 Å². The Morgan fingerprint density at radius 1 is 1.15 bits per heavy atom. The largest absolute Gasteiger partial charge is 0.322 e. The van der Waals surface area contributed by atoms with Gasteiger partial charge in [0.15, 0.2) is 0 Å². The molecule has 2 aromatic carbocycles. The van der Waals surface area contributed by atoms with E-state index in [0.29, 0.717) is 28.8 Å². The molecule has 0 radical (unpaired) electrons. The molecule has 1 amide bonds. The SMILES string of the molecule is CCc1cccc(NC(=O)c2cc(S(=O)(=O)N3CCCC3)ccc2Br)c1. The van der Waals surface area contributed by atoms with E-state index in [1.165, 1.54) is 16.4 Å². The normalized spacial score (nSPS) is 15.2. The maximum atomic E-state index is 12.7. The Labute approximate surface area is 162 Å². The van der Waals surface area contributed by atoms with E-state index < -0.39 is 10.0 Å². The molecule has 1 N–H and O–H groups in total. The van der Waals surface area contributed by atoms with Gasteiger partial charge in [-0.3, -0.25) is 4.79 Å². The number of hydrogen-bond acceptors (Lipinski definition) is 3. The van der Waals surface area contributed by atoms with Crippen molar-refractivity contribution in [3.05, 3.63) is 58.1 Å². The van der Waals surface area contributed by atoms with Gasteiger partial charge in [0.2, 0.25) is 10.0 Å². The Kier molecular flexibility index (Phi) is 5.79. The first-order valence-electron chi connectivity index (χ1n) is 8.62. The van der Waals surface area contributed by atoms with Gasteiger partial charge in [-0.1, -0.05) is 19.1 Å². The van der Waals surface area contributed by atoms with Crippen LogP contribution in [-0.4, -0.2) is 31.7 Å². The van der Waals surface area contributed by atoms with Gasteiger partial charge in [-0.2, -0.15) is 4.31 Å². The van der Waals surface area contributed by atoms with E-state index >= 15 is 0 Å². The number of hydrogen-bond donors (Lipinski definition) is 1. The van der Waals surface area contributed by atoms with Crippen LogP contribution in [0.5, 0.6) is 0 Å². The first-order valence-corrected chi connectivity index (χ1v) is 10.8. The summed E-state index contributed by atoms with van der Waals surface area (Å²) in [5.41, 5.74) is 2.11. The first-order chi connectivity index (χ1) is 12.4. The van der Waals surface area contributed by atoms with Gasteiger partial charge in [0.25, 0.3) is 5.91 Å². The summed E-state index contributed by atoms with van der Waals surface area (Å²) < 4.78 is 27.5. The Hall–Kier alpha value is -1.70. The zero-order valence-corrected chi connectivity index (χ0v) is 16.9. The average molecular weight is 437 g/mol. The van der Waals surface area contributed by atoms with Gasteiger partial charge in [-0.05, 0) is 71.1 Å². The summed E-state index contributed by atoms with van der Waals surface area (Å²) in [6.45, 7) is 3.11. The molecular formula is C19H21BrN2O3S. The molecule has 1 saturated heterocycles. The Morgan fingerprint density at radius 3 is 2.58 bits per heavy atom. The topological polar surface area (TPSA) is 66.5 Å². The van der Waals surface area contributed by atoms with Gasteiger partial charge in [0, 0.05) is 23.2 Å². The van der Waals surface area contributed by atoms with Gasteiger partial charge < -0.3 is 5.32 Å². The Bertz CT molecular complexity index is 922. The molecule has 1 aliphatic heterocycles. The second kappa shape index (κ2) is 7.90. The maximum absolute atomic E-state index is 12.7. The summed E-state index contributed by atoms with van der Waals surface area (Å²) in [5, 5.41) is 2.84. The molecule has 0 spiro atoms. The van der Waals surface area contributed by atoms with Gasteiger partial charge in [-0.25, -0.2) is 8.42 Å². The Balaban J connectivity index is 1.88. The van der Waals surface area contributed by atoms with Crippen molar-refractivity contribution < 1.29 is 13.2 Å². The number of anilines is 1. The van der Waals surface area contributed by atoms with E-state index in [1.54, 1.807) is 6.07 Å². The van der Waals surface area contributed by atoms with E-state index in [0.717, 1.165) is 24.8 Å². The van der Waals surface area contributed by atoms with Gasteiger partial charge in [-0.15, -0.1) is 0 Å². The Morgan fingerprint density at radius 2 is 1.88 bits per heavy atom. The summed E-state index contributed by atoms with van der Waals surface area (Å²) in [7, 11) is -3.56. The van der Waals surface area contributed by atoms with Crippen LogP contribution in [-0.2, 0) is 16.4 Å². The molecule has 0 bridgehead atoms. The van der Waals surface area contributed by atoms with Crippen LogP contribution in [0, 0.1) is 0 Å². The number of amides is 1. The fraction of sp³-hybridized carbons (Fsp3) is 0.316. The predicted octanol–water partition coefficient (Wildman–Crippen LogP) is 4.05. The number of benzene rings is 2. The average Bonchev–Trinajstić information content (AvgIpc) is 3.17. The highest BCUT2D eigenvalue weighted by Crippen LogP contribution is 2.26. The van der Waals surface area contributed by atoms with Gasteiger partial charge in [0.05, 0.1) is 10.5 Å².